The molecule has 0 aromatic carbocycles. The van der Waals surface area contributed by atoms with Gasteiger partial charge in [-0.2, -0.15) is 5.10 Å². The minimum Gasteiger partial charge on any atom is -0.480 e. The van der Waals surface area contributed by atoms with Crippen LogP contribution >= 0.6 is 0 Å². The van der Waals surface area contributed by atoms with Gasteiger partial charge in [0, 0.05) is 17.8 Å². The van der Waals surface area contributed by atoms with E-state index in [1.165, 1.54) is 0 Å². The monoisotopic (exact) mass is 183 g/mol. The second-order valence-corrected chi connectivity index (χ2v) is 3.09. The van der Waals surface area contributed by atoms with Gasteiger partial charge in [0.05, 0.1) is 12.7 Å². The molecule has 0 saturated heterocycles. The van der Waals surface area contributed by atoms with Gasteiger partial charge in [-0.05, 0) is 14.0 Å². The van der Waals surface area contributed by atoms with Crippen molar-refractivity contribution in [1.82, 2.24) is 15.1 Å². The molecule has 5 nitrogen and oxygen atoms in total. The maximum atomic E-state index is 10.4. The number of carboxylic acids is 1. The standard InChI is InChI=1S/C8H13N3O2/c1-6-7(3-9-10-6)4-11(2)5-8(12)13/h3H,4-5H2,1-2H3,(H,9,10)(H,12,13). The van der Waals surface area contributed by atoms with Crippen molar-refractivity contribution in [3.05, 3.63) is 17.5 Å². The highest BCUT2D eigenvalue weighted by Gasteiger charge is 2.07. The summed E-state index contributed by atoms with van der Waals surface area (Å²) in [5.74, 6) is -0.816. The number of aliphatic carboxylic acids is 1. The van der Waals surface area contributed by atoms with E-state index in [4.69, 9.17) is 5.11 Å². The first-order valence-electron chi connectivity index (χ1n) is 3.98. The van der Waals surface area contributed by atoms with Crippen molar-refractivity contribution in [2.75, 3.05) is 13.6 Å². The van der Waals surface area contributed by atoms with E-state index in [0.29, 0.717) is 6.54 Å². The first-order valence-corrected chi connectivity index (χ1v) is 3.98. The number of likely N-dealkylation sites (N-methyl/N-ethyl adjacent to an activating group) is 1. The molecule has 0 atom stereocenters. The quantitative estimate of drug-likeness (QED) is 0.701. The normalized spacial score (nSPS) is 10.7. The Morgan fingerprint density at radius 2 is 2.46 bits per heavy atom. The molecule has 0 amide bonds. The summed E-state index contributed by atoms with van der Waals surface area (Å²) in [6.07, 6.45) is 1.72. The van der Waals surface area contributed by atoms with E-state index in [0.717, 1.165) is 11.3 Å². The molecule has 1 heterocycles. The van der Waals surface area contributed by atoms with Crippen LogP contribution < -0.4 is 0 Å². The summed E-state index contributed by atoms with van der Waals surface area (Å²) in [5.41, 5.74) is 2.01. The molecule has 1 aromatic rings. The molecule has 13 heavy (non-hydrogen) atoms. The molecule has 2 N–H and O–H groups in total. The first-order chi connectivity index (χ1) is 6.09. The molecular formula is C8H13N3O2. The van der Waals surface area contributed by atoms with Gasteiger partial charge in [0.15, 0.2) is 0 Å². The van der Waals surface area contributed by atoms with Crippen molar-refractivity contribution in [3.8, 4) is 0 Å². The Morgan fingerprint density at radius 1 is 1.77 bits per heavy atom. The highest BCUT2D eigenvalue weighted by Crippen LogP contribution is 2.05. The summed E-state index contributed by atoms with van der Waals surface area (Å²) in [5, 5.41) is 15.2. The number of hydrogen-bond acceptors (Lipinski definition) is 3. The third-order valence-electron chi connectivity index (χ3n) is 1.78. The summed E-state index contributed by atoms with van der Waals surface area (Å²) in [6, 6.07) is 0. The van der Waals surface area contributed by atoms with Gasteiger partial charge >= 0.3 is 5.97 Å². The summed E-state index contributed by atoms with van der Waals surface area (Å²) in [7, 11) is 1.76. The molecule has 0 bridgehead atoms. The minimum absolute atomic E-state index is 0.0462. The van der Waals surface area contributed by atoms with Crippen LogP contribution in [0.25, 0.3) is 0 Å². The minimum atomic E-state index is -0.816. The summed E-state index contributed by atoms with van der Waals surface area (Å²) in [4.78, 5) is 12.1. The van der Waals surface area contributed by atoms with Gasteiger partial charge in [0.25, 0.3) is 0 Å². The van der Waals surface area contributed by atoms with Crippen LogP contribution in [0.5, 0.6) is 0 Å². The molecular weight excluding hydrogens is 170 g/mol. The maximum Gasteiger partial charge on any atom is 0.317 e. The fourth-order valence-electron chi connectivity index (χ4n) is 1.11. The molecule has 0 radical (unpaired) electrons. The van der Waals surface area contributed by atoms with Crippen molar-refractivity contribution < 1.29 is 9.90 Å². The van der Waals surface area contributed by atoms with Crippen LogP contribution in [-0.2, 0) is 11.3 Å². The zero-order valence-corrected chi connectivity index (χ0v) is 7.74. The van der Waals surface area contributed by atoms with Gasteiger partial charge in [-0.25, -0.2) is 0 Å². The number of nitrogens with one attached hydrogen (secondary N) is 1. The maximum absolute atomic E-state index is 10.4. The van der Waals surface area contributed by atoms with Crippen LogP contribution in [0.3, 0.4) is 0 Å². The Balaban J connectivity index is 2.49. The Morgan fingerprint density at radius 3 is 2.92 bits per heavy atom. The highest BCUT2D eigenvalue weighted by atomic mass is 16.4. The SMILES string of the molecule is Cc1[nH]ncc1CN(C)CC(=O)O. The van der Waals surface area contributed by atoms with Gasteiger partial charge < -0.3 is 5.11 Å². The lowest BCUT2D eigenvalue weighted by atomic mass is 10.2. The Kier molecular flexibility index (Phi) is 3.02. The fourth-order valence-corrected chi connectivity index (χ4v) is 1.11. The number of aromatic nitrogens is 2. The van der Waals surface area contributed by atoms with Gasteiger partial charge in [0.1, 0.15) is 0 Å². The average molecular weight is 183 g/mol. The second kappa shape index (κ2) is 4.04. The molecule has 5 heteroatoms. The van der Waals surface area contributed by atoms with E-state index >= 15 is 0 Å². The molecule has 1 aromatic heterocycles. The van der Waals surface area contributed by atoms with Crippen LogP contribution in [0.4, 0.5) is 0 Å². The van der Waals surface area contributed by atoms with Crippen molar-refractivity contribution in [1.29, 1.82) is 0 Å². The zero-order chi connectivity index (χ0) is 9.84. The summed E-state index contributed by atoms with van der Waals surface area (Å²) >= 11 is 0. The number of aryl methyl sites for hydroxylation is 1. The third-order valence-corrected chi connectivity index (χ3v) is 1.78. The van der Waals surface area contributed by atoms with Gasteiger partial charge in [-0.15, -0.1) is 0 Å². The summed E-state index contributed by atoms with van der Waals surface area (Å²) < 4.78 is 0. The zero-order valence-electron chi connectivity index (χ0n) is 7.74. The van der Waals surface area contributed by atoms with Crippen LogP contribution in [0.15, 0.2) is 6.20 Å². The lowest BCUT2D eigenvalue weighted by Crippen LogP contribution is -2.25. The predicted octanol–water partition coefficient (Wildman–Crippen LogP) is 0.235. The van der Waals surface area contributed by atoms with Gasteiger partial charge in [-0.1, -0.05) is 0 Å². The second-order valence-electron chi connectivity index (χ2n) is 3.09. The van der Waals surface area contributed by atoms with Crippen LogP contribution in [0, 0.1) is 6.92 Å². The van der Waals surface area contributed by atoms with E-state index in [2.05, 4.69) is 10.2 Å². The Labute approximate surface area is 76.4 Å². The van der Waals surface area contributed by atoms with Crippen LogP contribution in [0.1, 0.15) is 11.3 Å². The molecule has 0 aliphatic carbocycles. The number of nitrogens with zero attached hydrogens (tertiary/aromatic N) is 2. The van der Waals surface area contributed by atoms with Gasteiger partial charge in [0.2, 0.25) is 0 Å². The largest absolute Gasteiger partial charge is 0.480 e. The fraction of sp³-hybridized carbons (Fsp3) is 0.500. The van der Waals surface area contributed by atoms with Crippen molar-refractivity contribution in [3.63, 3.8) is 0 Å². The van der Waals surface area contributed by atoms with Crippen molar-refractivity contribution in [2.24, 2.45) is 0 Å². The molecule has 72 valence electrons. The lowest BCUT2D eigenvalue weighted by molar-refractivity contribution is -0.138. The number of hydrogen-bond donors (Lipinski definition) is 2. The first kappa shape index (κ1) is 9.73. The number of rotatable bonds is 4. The molecule has 0 spiro atoms. The molecule has 0 saturated carbocycles. The molecule has 1 rings (SSSR count). The number of aromatic amines is 1. The molecule has 0 aliphatic heterocycles. The number of carboxylic acid groups (broad SMARTS) is 1. The van der Waals surface area contributed by atoms with Gasteiger partial charge in [-0.3, -0.25) is 14.8 Å². The smallest absolute Gasteiger partial charge is 0.317 e. The summed E-state index contributed by atoms with van der Waals surface area (Å²) in [6.45, 7) is 2.57. The van der Waals surface area contributed by atoms with Crippen LogP contribution in [0.2, 0.25) is 0 Å². The molecule has 0 fully saturated rings. The van der Waals surface area contributed by atoms with E-state index in [9.17, 15) is 4.79 Å². The average Bonchev–Trinajstić information content (AvgIpc) is 2.34. The lowest BCUT2D eigenvalue weighted by Gasteiger charge is -2.12. The Bertz CT molecular complexity index is 295. The molecule has 0 aliphatic rings. The van der Waals surface area contributed by atoms with E-state index < -0.39 is 5.97 Å². The highest BCUT2D eigenvalue weighted by molar-refractivity contribution is 5.69. The third kappa shape index (κ3) is 2.87. The van der Waals surface area contributed by atoms with Crippen molar-refractivity contribution >= 4 is 5.97 Å². The van der Waals surface area contributed by atoms with Crippen molar-refractivity contribution in [2.45, 2.75) is 13.5 Å². The van der Waals surface area contributed by atoms with E-state index in [-0.39, 0.29) is 6.54 Å². The number of carbonyl (C=O) groups is 1. The predicted molar refractivity (Wildman–Crippen MR) is 47.3 cm³/mol. The molecule has 0 unspecified atom stereocenters. The Hall–Kier alpha value is -1.36. The topological polar surface area (TPSA) is 69.2 Å². The van der Waals surface area contributed by atoms with E-state index in [1.807, 2.05) is 6.92 Å². The van der Waals surface area contributed by atoms with E-state index in [1.54, 1.807) is 18.1 Å². The van der Waals surface area contributed by atoms with Crippen LogP contribution in [-0.4, -0.2) is 39.8 Å². The number of H-pyrrole nitrogens is 1.